The number of phenolic OH excluding ortho intramolecular Hbond substituents is 1. The average molecular weight is 1410 g/mol. The van der Waals surface area contributed by atoms with E-state index in [0.29, 0.717) is 22.0 Å². The fourth-order valence-electron chi connectivity index (χ4n) is 10.1. The molecule has 34 nitrogen and oxygen atoms in total. The highest BCUT2D eigenvalue weighted by atomic mass is 32.2. The Bertz CT molecular complexity index is 3290. The molecule has 1 aromatic heterocycles. The van der Waals surface area contributed by atoms with Gasteiger partial charge in [-0.3, -0.25) is 67.3 Å². The van der Waals surface area contributed by atoms with Gasteiger partial charge in [-0.25, -0.2) is 0 Å². The summed E-state index contributed by atoms with van der Waals surface area (Å²) >= 11 is 2.15. The van der Waals surface area contributed by atoms with E-state index in [1.54, 1.807) is 44.3 Å². The number of guanidine groups is 1. The third kappa shape index (κ3) is 27.3. The Kier molecular flexibility index (Phi) is 33.5. The highest BCUT2D eigenvalue weighted by molar-refractivity contribution is 7.99. The van der Waals surface area contributed by atoms with Crippen LogP contribution < -0.4 is 59.7 Å². The van der Waals surface area contributed by atoms with E-state index in [-0.39, 0.29) is 92.9 Å². The number of para-hydroxylation sites is 1. The number of nitrogens with two attached hydrogens (primary N) is 3. The number of carbonyl (C=O) groups excluding carboxylic acids is 11. The number of aliphatic carboxylic acids is 2. The van der Waals surface area contributed by atoms with Crippen molar-refractivity contribution in [1.82, 2.24) is 57.3 Å². The summed E-state index contributed by atoms with van der Waals surface area (Å²) in [5.74, 6) is -14.7. The normalized spacial score (nSPS) is 23.2. The molecule has 11 atom stereocenters. The number of primary amides is 1. The Morgan fingerprint density at radius 3 is 1.51 bits per heavy atom. The lowest BCUT2D eigenvalue weighted by Crippen LogP contribution is -2.61. The van der Waals surface area contributed by atoms with Crippen LogP contribution in [-0.2, 0) is 75.2 Å². The molecule has 1 saturated heterocycles. The molecule has 1 aliphatic heterocycles. The van der Waals surface area contributed by atoms with Gasteiger partial charge in [-0.1, -0.05) is 44.2 Å². The van der Waals surface area contributed by atoms with E-state index in [0.717, 1.165) is 40.2 Å². The number of benzene rings is 2. The minimum Gasteiger partial charge on any atom is -0.508 e. The molecule has 98 heavy (non-hydrogen) atoms. The highest BCUT2D eigenvalue weighted by Gasteiger charge is 2.38. The second-order valence-corrected chi connectivity index (χ2v) is 26.1. The zero-order valence-corrected chi connectivity index (χ0v) is 56.7. The van der Waals surface area contributed by atoms with Crippen LogP contribution in [0, 0.1) is 5.92 Å². The van der Waals surface area contributed by atoms with Crippen LogP contribution in [0.2, 0.25) is 0 Å². The van der Waals surface area contributed by atoms with Gasteiger partial charge in [0.2, 0.25) is 65.0 Å². The third-order valence-electron chi connectivity index (χ3n) is 15.3. The van der Waals surface area contributed by atoms with Gasteiger partial charge in [-0.15, -0.1) is 0 Å². The number of phenols is 1. The van der Waals surface area contributed by atoms with E-state index in [1.165, 1.54) is 38.1 Å². The molecular weight excluding hydrogens is 1320 g/mol. The summed E-state index contributed by atoms with van der Waals surface area (Å²) in [6.07, 6.45) is -6.12. The van der Waals surface area contributed by atoms with Crippen molar-refractivity contribution in [2.45, 2.75) is 153 Å². The van der Waals surface area contributed by atoms with Gasteiger partial charge in [-0.2, -0.15) is 23.5 Å². The Morgan fingerprint density at radius 1 is 0.551 bits per heavy atom. The summed E-state index contributed by atoms with van der Waals surface area (Å²) in [5, 5.41) is 82.9. The standard InChI is InChI=1S/C62H91N15O19S2/c1-32(2)50-60(95)76(30-45(63)82)21-25-97-23-18-47(84)73-52(34(4)79)59(94)71-44(28-37-29-67-40-10-7-6-9-39(37)40)57(92)69-42(16-17-48(85)86)55(90)75-53(35(5)80)61(96)77(31-49(87)88)22-26-98-24-19-46(83)72-51(33(3)78)58(93)70-43(27-36-12-14-38(81)15-13-36)56(91)68-41(54(89)74-50)11-8-20-66-62(64)65/h6-7,9-10,12-15,29,32-35,41-44,50-53,67,78-81H,8,11,16-28,30-31H2,1-5H3,(H2,63,82)(H,68,91)(H,69,92)(H,70,93)(H,71,94)(H,72,83)(H,73,84)(H,74,89)(H,75,90)(H,85,86)(H,87,88)(H4,64,65,66)/t33-,34-,35-,41+,42+,43+,44+,50+,51+,52+,53+/m1/s1. The van der Waals surface area contributed by atoms with Crippen molar-refractivity contribution in [3.63, 3.8) is 0 Å². The van der Waals surface area contributed by atoms with Crippen molar-refractivity contribution in [2.75, 3.05) is 55.7 Å². The first kappa shape index (κ1) is 81.2. The van der Waals surface area contributed by atoms with Crippen molar-refractivity contribution in [1.29, 1.82) is 0 Å². The van der Waals surface area contributed by atoms with Crippen LogP contribution in [0.1, 0.15) is 84.3 Å². The molecule has 0 bridgehead atoms. The third-order valence-corrected chi connectivity index (χ3v) is 17.2. The second kappa shape index (κ2) is 40.5. The number of nitrogens with zero attached hydrogens (tertiary/aromatic N) is 3. The summed E-state index contributed by atoms with van der Waals surface area (Å²) in [6.45, 7) is 4.51. The van der Waals surface area contributed by atoms with Crippen molar-refractivity contribution in [3.05, 3.63) is 65.9 Å². The predicted molar refractivity (Wildman–Crippen MR) is 360 cm³/mol. The number of rotatable bonds is 19. The summed E-state index contributed by atoms with van der Waals surface area (Å²) in [7, 11) is 0. The quantitative estimate of drug-likeness (QED) is 0.0307. The van der Waals surface area contributed by atoms with Gasteiger partial charge in [0.1, 0.15) is 60.6 Å². The number of hydrogen-bond acceptors (Lipinski definition) is 20. The van der Waals surface area contributed by atoms with Crippen LogP contribution in [-0.4, -0.2) is 251 Å². The van der Waals surface area contributed by atoms with Crippen LogP contribution in [0.3, 0.4) is 0 Å². The summed E-state index contributed by atoms with van der Waals surface area (Å²) in [6, 6.07) is -0.801. The summed E-state index contributed by atoms with van der Waals surface area (Å²) in [4.78, 5) is 187. The number of carboxylic acids is 2. The van der Waals surface area contributed by atoms with Gasteiger partial charge < -0.3 is 105 Å². The van der Waals surface area contributed by atoms with E-state index in [2.05, 4.69) is 52.5 Å². The molecule has 2 heterocycles. The maximum absolute atomic E-state index is 14.5. The lowest BCUT2D eigenvalue weighted by Gasteiger charge is -2.31. The molecule has 1 aliphatic rings. The molecule has 0 unspecified atom stereocenters. The molecule has 0 spiro atoms. The Morgan fingerprint density at radius 2 is 1.02 bits per heavy atom. The molecule has 540 valence electrons. The number of aromatic amines is 1. The van der Waals surface area contributed by atoms with Crippen LogP contribution in [0.25, 0.3) is 10.9 Å². The van der Waals surface area contributed by atoms with Gasteiger partial charge in [-0.05, 0) is 75.3 Å². The van der Waals surface area contributed by atoms with Crippen LogP contribution in [0.4, 0.5) is 0 Å². The van der Waals surface area contributed by atoms with E-state index in [4.69, 9.17) is 17.2 Å². The van der Waals surface area contributed by atoms with E-state index < -0.39 is 175 Å². The predicted octanol–water partition coefficient (Wildman–Crippen LogP) is -4.26. The Hall–Kier alpha value is -9.26. The minimum absolute atomic E-state index is 0.0240. The SMILES string of the molecule is CC(C)[C@@H]1NC(=O)[C@H](CCCN=C(N)N)NC(=O)[C@H](Cc2ccc(O)cc2)NC(=O)[C@H]([C@@H](C)O)NC(=O)CCSCCN(CC(=O)O)C(=O)[C@H]([C@@H](C)O)NC(=O)[C@H](CCC(=O)O)NC(=O)[C@H](Cc2c[nH]c3ccccc23)NC(=O)[C@H]([C@@H](C)O)NC(=O)CCSCCN(CC(N)=O)C1=O. The van der Waals surface area contributed by atoms with Gasteiger partial charge in [0.05, 0.1) is 24.9 Å². The number of hydrogen-bond donors (Lipinski definition) is 18. The van der Waals surface area contributed by atoms with Crippen LogP contribution in [0.15, 0.2) is 59.7 Å². The average Bonchev–Trinajstić information content (AvgIpc) is 1.65. The first-order valence-electron chi connectivity index (χ1n) is 31.5. The number of H-pyrrole nitrogens is 1. The fourth-order valence-corrected chi connectivity index (χ4v) is 11.8. The number of aliphatic imine (C=N–C) groups is 1. The highest BCUT2D eigenvalue weighted by Crippen LogP contribution is 2.21. The number of fused-ring (bicyclic) bond motifs is 1. The molecule has 4 rings (SSSR count). The maximum Gasteiger partial charge on any atom is 0.323 e. The molecule has 1 fully saturated rings. The zero-order valence-electron chi connectivity index (χ0n) is 55.0. The topological polar surface area (TPSA) is 552 Å². The van der Waals surface area contributed by atoms with Gasteiger partial charge in [0, 0.05) is 91.8 Å². The van der Waals surface area contributed by atoms with E-state index in [1.807, 2.05) is 0 Å². The number of thioether (sulfide) groups is 2. The number of carbonyl (C=O) groups is 13. The molecular formula is C62H91N15O19S2. The molecule has 21 N–H and O–H groups in total. The number of nitrogens with one attached hydrogen (secondary N) is 9. The second-order valence-electron chi connectivity index (χ2n) is 23.7. The summed E-state index contributed by atoms with van der Waals surface area (Å²) < 4.78 is 0. The van der Waals surface area contributed by atoms with Crippen molar-refractivity contribution in [2.24, 2.45) is 28.1 Å². The Balaban J connectivity index is 1.76. The minimum atomic E-state index is -1.92. The zero-order chi connectivity index (χ0) is 72.9. The van der Waals surface area contributed by atoms with Crippen LogP contribution in [0.5, 0.6) is 5.75 Å². The molecule has 11 amide bonds. The van der Waals surface area contributed by atoms with E-state index in [9.17, 15) is 93.0 Å². The first-order chi connectivity index (χ1) is 46.3. The van der Waals surface area contributed by atoms with Crippen molar-refractivity contribution >= 4 is 117 Å². The molecule has 36 heteroatoms. The van der Waals surface area contributed by atoms with Gasteiger partial charge in [0.15, 0.2) is 5.96 Å². The smallest absolute Gasteiger partial charge is 0.323 e. The number of aliphatic hydroxyl groups is 3. The summed E-state index contributed by atoms with van der Waals surface area (Å²) in [5.41, 5.74) is 18.2. The van der Waals surface area contributed by atoms with Gasteiger partial charge >= 0.3 is 11.9 Å². The molecule has 0 radical (unpaired) electrons. The van der Waals surface area contributed by atoms with Crippen molar-refractivity contribution < 1.29 is 93.0 Å². The molecule has 0 saturated carbocycles. The first-order valence-corrected chi connectivity index (χ1v) is 33.9. The molecule has 0 aliphatic carbocycles. The van der Waals surface area contributed by atoms with Crippen molar-refractivity contribution in [3.8, 4) is 5.75 Å². The Labute approximate surface area is 573 Å². The molecule has 3 aromatic rings. The lowest BCUT2D eigenvalue weighted by molar-refractivity contribution is -0.147. The maximum atomic E-state index is 14.5. The largest absolute Gasteiger partial charge is 0.508 e. The van der Waals surface area contributed by atoms with E-state index >= 15 is 0 Å². The number of aromatic nitrogens is 1. The molecule has 2 aromatic carbocycles. The number of aliphatic hydroxyl groups excluding tert-OH is 3. The lowest BCUT2D eigenvalue weighted by atomic mass is 10.0. The van der Waals surface area contributed by atoms with Crippen LogP contribution >= 0.6 is 23.5 Å². The number of carboxylic acid groups (broad SMARTS) is 2. The fraction of sp³-hybridized carbons (Fsp3) is 0.548. The van der Waals surface area contributed by atoms with Gasteiger partial charge in [0.25, 0.3) is 0 Å². The monoisotopic (exact) mass is 1410 g/mol. The number of aromatic hydroxyl groups is 1. The number of amides is 11.